The van der Waals surface area contributed by atoms with Gasteiger partial charge in [-0.15, -0.1) is 0 Å². The number of rotatable bonds is 2. The van der Waals surface area contributed by atoms with E-state index >= 15 is 0 Å². The molecule has 4 atom stereocenters. The van der Waals surface area contributed by atoms with Crippen molar-refractivity contribution in [1.29, 1.82) is 5.26 Å². The van der Waals surface area contributed by atoms with Gasteiger partial charge in [-0.05, 0) is 44.6 Å². The number of nitriles is 1. The lowest BCUT2D eigenvalue weighted by Crippen LogP contribution is -2.58. The Kier molecular flexibility index (Phi) is 3.81. The molecule has 2 aliphatic heterocycles. The number of fused-ring (bicyclic) bond motifs is 1. The summed E-state index contributed by atoms with van der Waals surface area (Å²) in [5.74, 6) is 0.630. The highest BCUT2D eigenvalue weighted by molar-refractivity contribution is 5.20. The third kappa shape index (κ3) is 2.00. The van der Waals surface area contributed by atoms with E-state index in [1.165, 1.54) is 19.3 Å². The Morgan fingerprint density at radius 1 is 1.20 bits per heavy atom. The third-order valence-electron chi connectivity index (χ3n) is 6.42. The molecule has 2 saturated heterocycles. The standard InChI is InChI=1S/C17H28N2O/c1-2-14-6-5-8-16(12-14,13-18)17(20)9-11-19-10-4-3-7-15(17)19/h14-15,20H,2-12H2,1H3. The van der Waals surface area contributed by atoms with Crippen molar-refractivity contribution >= 4 is 0 Å². The lowest BCUT2D eigenvalue weighted by Gasteiger charge is -2.49. The van der Waals surface area contributed by atoms with Crippen LogP contribution < -0.4 is 0 Å². The highest BCUT2D eigenvalue weighted by Crippen LogP contribution is 2.54. The van der Waals surface area contributed by atoms with Crippen molar-refractivity contribution in [3.8, 4) is 6.07 Å². The van der Waals surface area contributed by atoms with Gasteiger partial charge in [0.1, 0.15) is 0 Å². The molecule has 3 fully saturated rings. The van der Waals surface area contributed by atoms with E-state index in [0.29, 0.717) is 5.92 Å². The van der Waals surface area contributed by atoms with Gasteiger partial charge in [-0.2, -0.15) is 5.26 Å². The van der Waals surface area contributed by atoms with Gasteiger partial charge in [-0.3, -0.25) is 4.90 Å². The van der Waals surface area contributed by atoms with Crippen LogP contribution in [0.15, 0.2) is 0 Å². The van der Waals surface area contributed by atoms with Crippen molar-refractivity contribution in [2.24, 2.45) is 11.3 Å². The molecule has 0 bridgehead atoms. The first kappa shape index (κ1) is 14.4. The monoisotopic (exact) mass is 276 g/mol. The molecule has 3 heteroatoms. The molecule has 0 aromatic rings. The predicted molar refractivity (Wildman–Crippen MR) is 79.1 cm³/mol. The molecular weight excluding hydrogens is 248 g/mol. The van der Waals surface area contributed by atoms with E-state index < -0.39 is 11.0 Å². The summed E-state index contributed by atoms with van der Waals surface area (Å²) in [7, 11) is 0. The Morgan fingerprint density at radius 2 is 2.05 bits per heavy atom. The first-order chi connectivity index (χ1) is 9.65. The lowest BCUT2D eigenvalue weighted by molar-refractivity contribution is -0.108. The van der Waals surface area contributed by atoms with E-state index in [9.17, 15) is 10.4 Å². The first-order valence-electron chi connectivity index (χ1n) is 8.53. The Balaban J connectivity index is 1.89. The molecule has 0 radical (unpaired) electrons. The van der Waals surface area contributed by atoms with E-state index in [1.54, 1.807) is 0 Å². The summed E-state index contributed by atoms with van der Waals surface area (Å²) >= 11 is 0. The number of aliphatic hydroxyl groups is 1. The maximum Gasteiger partial charge on any atom is 0.0999 e. The van der Waals surface area contributed by atoms with E-state index in [4.69, 9.17) is 0 Å². The van der Waals surface area contributed by atoms with Crippen molar-refractivity contribution in [2.45, 2.75) is 76.4 Å². The van der Waals surface area contributed by atoms with Crippen LogP contribution in [0, 0.1) is 22.7 Å². The molecule has 3 rings (SSSR count). The Labute approximate surface area is 123 Å². The van der Waals surface area contributed by atoms with Crippen molar-refractivity contribution in [3.63, 3.8) is 0 Å². The number of nitrogens with zero attached hydrogens (tertiary/aromatic N) is 2. The lowest BCUT2D eigenvalue weighted by atomic mass is 9.58. The molecule has 112 valence electrons. The van der Waals surface area contributed by atoms with Gasteiger partial charge in [0, 0.05) is 12.6 Å². The maximum absolute atomic E-state index is 11.5. The van der Waals surface area contributed by atoms with Crippen molar-refractivity contribution in [3.05, 3.63) is 0 Å². The predicted octanol–water partition coefficient (Wildman–Crippen LogP) is 3.09. The molecule has 1 N–H and O–H groups in total. The summed E-state index contributed by atoms with van der Waals surface area (Å²) in [5.41, 5.74) is -1.24. The zero-order chi connectivity index (χ0) is 14.2. The Bertz CT molecular complexity index is 404. The van der Waals surface area contributed by atoms with Crippen LogP contribution in [0.2, 0.25) is 0 Å². The first-order valence-corrected chi connectivity index (χ1v) is 8.53. The van der Waals surface area contributed by atoms with Crippen LogP contribution >= 0.6 is 0 Å². The summed E-state index contributed by atoms with van der Waals surface area (Å²) < 4.78 is 0. The van der Waals surface area contributed by atoms with E-state index in [0.717, 1.165) is 51.6 Å². The highest BCUT2D eigenvalue weighted by atomic mass is 16.3. The van der Waals surface area contributed by atoms with Crippen LogP contribution in [0.5, 0.6) is 0 Å². The average Bonchev–Trinajstić information content (AvgIpc) is 2.87. The van der Waals surface area contributed by atoms with Gasteiger partial charge in [-0.25, -0.2) is 0 Å². The summed E-state index contributed by atoms with van der Waals surface area (Å²) in [5, 5.41) is 21.5. The number of hydrogen-bond acceptors (Lipinski definition) is 3. The second-order valence-electron chi connectivity index (χ2n) is 7.29. The molecule has 4 unspecified atom stereocenters. The minimum Gasteiger partial charge on any atom is -0.387 e. The zero-order valence-electron chi connectivity index (χ0n) is 12.8. The van der Waals surface area contributed by atoms with Gasteiger partial charge in [-0.1, -0.05) is 32.6 Å². The van der Waals surface area contributed by atoms with Crippen LogP contribution in [-0.2, 0) is 0 Å². The van der Waals surface area contributed by atoms with Crippen LogP contribution in [0.25, 0.3) is 0 Å². The van der Waals surface area contributed by atoms with Crippen molar-refractivity contribution in [1.82, 2.24) is 4.90 Å². The highest BCUT2D eigenvalue weighted by Gasteiger charge is 2.60. The fourth-order valence-electron chi connectivity index (χ4n) is 5.17. The smallest absolute Gasteiger partial charge is 0.0999 e. The molecule has 1 saturated carbocycles. The van der Waals surface area contributed by atoms with Crippen molar-refractivity contribution in [2.75, 3.05) is 13.1 Å². The molecular formula is C17H28N2O. The minimum atomic E-state index is -0.754. The minimum absolute atomic E-state index is 0.242. The molecule has 20 heavy (non-hydrogen) atoms. The van der Waals surface area contributed by atoms with Crippen molar-refractivity contribution < 1.29 is 5.11 Å². The normalized spacial score (nSPS) is 45.9. The largest absolute Gasteiger partial charge is 0.387 e. The molecule has 0 spiro atoms. The van der Waals surface area contributed by atoms with Crippen LogP contribution in [0.1, 0.15) is 64.7 Å². The number of hydrogen-bond donors (Lipinski definition) is 1. The molecule has 0 aromatic heterocycles. The van der Waals surface area contributed by atoms with Crippen LogP contribution in [-0.4, -0.2) is 34.7 Å². The van der Waals surface area contributed by atoms with Gasteiger partial charge in [0.05, 0.1) is 17.1 Å². The van der Waals surface area contributed by atoms with Gasteiger partial charge >= 0.3 is 0 Å². The zero-order valence-corrected chi connectivity index (χ0v) is 12.8. The molecule has 0 aromatic carbocycles. The van der Waals surface area contributed by atoms with E-state index in [1.807, 2.05) is 0 Å². The quantitative estimate of drug-likeness (QED) is 0.843. The molecule has 1 aliphatic carbocycles. The van der Waals surface area contributed by atoms with E-state index in [-0.39, 0.29) is 6.04 Å². The van der Waals surface area contributed by atoms with Crippen LogP contribution in [0.3, 0.4) is 0 Å². The Hall–Kier alpha value is -0.590. The number of piperidine rings is 1. The summed E-state index contributed by atoms with van der Waals surface area (Å²) in [6.45, 7) is 4.33. The molecule has 2 heterocycles. The maximum atomic E-state index is 11.5. The SMILES string of the molecule is CCC1CCCC(C#N)(C2(O)CCN3CCCCC32)C1. The van der Waals surface area contributed by atoms with Gasteiger partial charge in [0.2, 0.25) is 0 Å². The van der Waals surface area contributed by atoms with Gasteiger partial charge in [0.25, 0.3) is 0 Å². The topological polar surface area (TPSA) is 47.3 Å². The second-order valence-corrected chi connectivity index (χ2v) is 7.29. The molecule has 3 nitrogen and oxygen atoms in total. The molecule has 0 amide bonds. The van der Waals surface area contributed by atoms with Gasteiger partial charge in [0.15, 0.2) is 0 Å². The summed E-state index contributed by atoms with van der Waals surface area (Å²) in [6, 6.07) is 2.86. The van der Waals surface area contributed by atoms with Gasteiger partial charge < -0.3 is 5.11 Å². The fourth-order valence-corrected chi connectivity index (χ4v) is 5.17. The Morgan fingerprint density at radius 3 is 2.80 bits per heavy atom. The fraction of sp³-hybridized carbons (Fsp3) is 0.941. The summed E-state index contributed by atoms with van der Waals surface area (Å²) in [4.78, 5) is 2.46. The third-order valence-corrected chi connectivity index (χ3v) is 6.42. The van der Waals surface area contributed by atoms with Crippen LogP contribution in [0.4, 0.5) is 0 Å². The second kappa shape index (κ2) is 5.31. The average molecular weight is 276 g/mol. The molecule has 3 aliphatic rings. The van der Waals surface area contributed by atoms with E-state index in [2.05, 4.69) is 17.9 Å². The summed E-state index contributed by atoms with van der Waals surface area (Å²) in [6.07, 6.45) is 9.67.